The molecule has 7 nitrogen and oxygen atoms in total. The Bertz CT molecular complexity index is 1070. The van der Waals surface area contributed by atoms with Crippen LogP contribution >= 0.6 is 11.3 Å². The molecule has 0 saturated carbocycles. The number of amides is 2. The third-order valence-electron chi connectivity index (χ3n) is 4.83. The van der Waals surface area contributed by atoms with Gasteiger partial charge in [-0.05, 0) is 43.0 Å². The van der Waals surface area contributed by atoms with Gasteiger partial charge in [-0.2, -0.15) is 4.98 Å². The fourth-order valence-corrected chi connectivity index (χ4v) is 4.07. The Morgan fingerprint density at radius 3 is 2.80 bits per heavy atom. The number of carbonyl (C=O) groups excluding carboxylic acids is 1. The number of rotatable bonds is 7. The molecule has 0 fully saturated rings. The molecule has 0 aliphatic carbocycles. The van der Waals surface area contributed by atoms with Crippen molar-refractivity contribution < 1.29 is 14.1 Å². The van der Waals surface area contributed by atoms with Gasteiger partial charge in [0, 0.05) is 12.2 Å². The van der Waals surface area contributed by atoms with Crippen molar-refractivity contribution in [3.8, 4) is 16.5 Å². The van der Waals surface area contributed by atoms with Crippen molar-refractivity contribution in [3.05, 3.63) is 71.6 Å². The summed E-state index contributed by atoms with van der Waals surface area (Å²) < 4.78 is 11.2. The summed E-state index contributed by atoms with van der Waals surface area (Å²) in [4.78, 5) is 19.9. The predicted molar refractivity (Wildman–Crippen MR) is 116 cm³/mol. The monoisotopic (exact) mass is 422 g/mol. The zero-order chi connectivity index (χ0) is 21.1. The van der Waals surface area contributed by atoms with E-state index in [4.69, 9.17) is 9.26 Å². The van der Waals surface area contributed by atoms with Gasteiger partial charge in [-0.25, -0.2) is 4.79 Å². The molecule has 1 N–H and O–H groups in total. The molecule has 0 bridgehead atoms. The number of allylic oxidation sites excluding steroid dienone is 1. The van der Waals surface area contributed by atoms with Gasteiger partial charge in [0.2, 0.25) is 5.82 Å². The van der Waals surface area contributed by atoms with E-state index in [0.717, 1.165) is 27.5 Å². The smallest absolute Gasteiger partial charge is 0.322 e. The topological polar surface area (TPSA) is 80.5 Å². The molecule has 1 aliphatic heterocycles. The van der Waals surface area contributed by atoms with Crippen molar-refractivity contribution in [2.45, 2.75) is 19.9 Å². The second kappa shape index (κ2) is 8.54. The molecule has 30 heavy (non-hydrogen) atoms. The Hall–Kier alpha value is -3.39. The van der Waals surface area contributed by atoms with Gasteiger partial charge in [0.25, 0.3) is 5.89 Å². The maximum absolute atomic E-state index is 12.8. The number of hydrogen-bond acceptors (Lipinski definition) is 6. The van der Waals surface area contributed by atoms with Gasteiger partial charge < -0.3 is 14.6 Å². The highest BCUT2D eigenvalue weighted by molar-refractivity contribution is 7.13. The van der Waals surface area contributed by atoms with Crippen LogP contribution in [0.5, 0.6) is 5.75 Å². The number of hydrogen-bond donors (Lipinski definition) is 1. The summed E-state index contributed by atoms with van der Waals surface area (Å²) >= 11 is 1.54. The summed E-state index contributed by atoms with van der Waals surface area (Å²) in [5.74, 6) is 1.68. The Morgan fingerprint density at radius 1 is 1.33 bits per heavy atom. The maximum atomic E-state index is 12.8. The van der Waals surface area contributed by atoms with E-state index in [9.17, 15) is 4.79 Å². The van der Waals surface area contributed by atoms with Crippen LogP contribution < -0.4 is 10.1 Å². The van der Waals surface area contributed by atoms with Crippen molar-refractivity contribution in [1.82, 2.24) is 20.4 Å². The first-order chi connectivity index (χ1) is 14.6. The van der Waals surface area contributed by atoms with Crippen LogP contribution in [0, 0.1) is 0 Å². The molecular weight excluding hydrogens is 400 g/mol. The van der Waals surface area contributed by atoms with Gasteiger partial charge >= 0.3 is 6.03 Å². The first-order valence-electron chi connectivity index (χ1n) is 9.62. The highest BCUT2D eigenvalue weighted by Crippen LogP contribution is 2.38. The molecule has 154 valence electrons. The van der Waals surface area contributed by atoms with Gasteiger partial charge in [-0.1, -0.05) is 29.4 Å². The Kier molecular flexibility index (Phi) is 5.67. The van der Waals surface area contributed by atoms with Crippen molar-refractivity contribution in [2.75, 3.05) is 13.2 Å². The average molecular weight is 423 g/mol. The van der Waals surface area contributed by atoms with Gasteiger partial charge in [-0.3, -0.25) is 4.90 Å². The molecule has 1 aliphatic rings. The average Bonchev–Trinajstić information content (AvgIpc) is 3.43. The zero-order valence-corrected chi connectivity index (χ0v) is 17.6. The van der Waals surface area contributed by atoms with Crippen LogP contribution in [0.25, 0.3) is 16.3 Å². The largest absolute Gasteiger partial charge is 0.494 e. The van der Waals surface area contributed by atoms with Crippen LogP contribution in [0.15, 0.2) is 64.7 Å². The van der Waals surface area contributed by atoms with Crippen molar-refractivity contribution in [2.24, 2.45) is 0 Å². The fraction of sp³-hybridized carbons (Fsp3) is 0.227. The molecule has 4 rings (SSSR count). The van der Waals surface area contributed by atoms with Crippen LogP contribution in [0.3, 0.4) is 0 Å². The van der Waals surface area contributed by atoms with E-state index in [1.807, 2.05) is 55.6 Å². The number of ether oxygens (including phenoxy) is 1. The molecule has 1 unspecified atom stereocenters. The minimum atomic E-state index is -0.425. The second-order valence-electron chi connectivity index (χ2n) is 6.68. The summed E-state index contributed by atoms with van der Waals surface area (Å²) in [6, 6.07) is 10.9. The van der Waals surface area contributed by atoms with Crippen molar-refractivity contribution >= 4 is 22.9 Å². The van der Waals surface area contributed by atoms with E-state index < -0.39 is 6.04 Å². The number of carbonyl (C=O) groups is 1. The number of thiophene rings is 1. The second-order valence-corrected chi connectivity index (χ2v) is 7.63. The summed E-state index contributed by atoms with van der Waals surface area (Å²) in [5, 5.41) is 9.16. The molecule has 1 aromatic carbocycles. The molecule has 0 saturated heterocycles. The van der Waals surface area contributed by atoms with Gasteiger partial charge in [0.1, 0.15) is 5.75 Å². The highest BCUT2D eigenvalue weighted by Gasteiger charge is 2.35. The molecule has 3 aromatic rings. The first kappa shape index (κ1) is 19.9. The van der Waals surface area contributed by atoms with Crippen LogP contribution in [0.1, 0.15) is 31.3 Å². The number of nitrogens with one attached hydrogen (secondary N) is 1. The van der Waals surface area contributed by atoms with E-state index in [1.54, 1.807) is 22.3 Å². The van der Waals surface area contributed by atoms with E-state index in [1.165, 1.54) is 0 Å². The van der Waals surface area contributed by atoms with Crippen LogP contribution in [0.2, 0.25) is 0 Å². The maximum Gasteiger partial charge on any atom is 0.322 e. The minimum Gasteiger partial charge on any atom is -0.494 e. The number of benzene rings is 1. The lowest BCUT2D eigenvalue weighted by atomic mass is 9.94. The van der Waals surface area contributed by atoms with Gasteiger partial charge in [0.05, 0.1) is 23.1 Å². The molecule has 0 radical (unpaired) electrons. The van der Waals surface area contributed by atoms with Gasteiger partial charge in [-0.15, -0.1) is 17.9 Å². The number of nitrogens with zero attached hydrogens (tertiary/aromatic N) is 3. The molecule has 3 heterocycles. The first-order valence-corrected chi connectivity index (χ1v) is 10.5. The lowest BCUT2D eigenvalue weighted by molar-refractivity contribution is 0.209. The summed E-state index contributed by atoms with van der Waals surface area (Å²) in [6.07, 6.45) is 1.68. The van der Waals surface area contributed by atoms with Crippen molar-refractivity contribution in [1.29, 1.82) is 0 Å². The third-order valence-corrected chi connectivity index (χ3v) is 5.70. The summed E-state index contributed by atoms with van der Waals surface area (Å²) in [6.45, 7) is 8.55. The van der Waals surface area contributed by atoms with Gasteiger partial charge in [0.15, 0.2) is 0 Å². The zero-order valence-electron chi connectivity index (χ0n) is 16.8. The lowest BCUT2D eigenvalue weighted by Crippen LogP contribution is -2.46. The number of urea groups is 1. The molecular formula is C22H22N4O3S. The number of aromatic nitrogens is 2. The predicted octanol–water partition coefficient (Wildman–Crippen LogP) is 4.88. The van der Waals surface area contributed by atoms with E-state index in [0.29, 0.717) is 24.9 Å². The molecule has 2 aromatic heterocycles. The molecule has 0 spiro atoms. The molecule has 1 atom stereocenters. The van der Waals surface area contributed by atoms with Crippen LogP contribution in [-0.4, -0.2) is 34.2 Å². The third kappa shape index (κ3) is 3.73. The lowest BCUT2D eigenvalue weighted by Gasteiger charge is -2.34. The quantitative estimate of drug-likeness (QED) is 0.549. The van der Waals surface area contributed by atoms with Crippen LogP contribution in [0.4, 0.5) is 4.79 Å². The van der Waals surface area contributed by atoms with E-state index >= 15 is 0 Å². The molecule has 2 amide bonds. The molecule has 8 heteroatoms. The normalized spacial score (nSPS) is 16.5. The van der Waals surface area contributed by atoms with Crippen molar-refractivity contribution in [3.63, 3.8) is 0 Å². The fourth-order valence-electron chi connectivity index (χ4n) is 3.42. The summed E-state index contributed by atoms with van der Waals surface area (Å²) in [5.41, 5.74) is 2.41. The Morgan fingerprint density at radius 2 is 2.13 bits per heavy atom. The SMILES string of the molecule is C=CCN1C(=O)NC(c2ccc(OCC)cc2)C(c2nc(-c3cccs3)no2)=C1C. The minimum absolute atomic E-state index is 0.201. The Labute approximate surface area is 178 Å². The van der Waals surface area contributed by atoms with E-state index in [2.05, 4.69) is 22.0 Å². The standard InChI is InChI=1S/C22H22N4O3S/c1-4-12-26-14(3)18(21-24-20(25-29-21)17-7-6-13-30-17)19(23-22(26)27)15-8-10-16(11-9-15)28-5-2/h4,6-11,13,19H,1,5,12H2,2-3H3,(H,23,27). The van der Waals surface area contributed by atoms with Crippen LogP contribution in [-0.2, 0) is 0 Å². The highest BCUT2D eigenvalue weighted by atomic mass is 32.1. The van der Waals surface area contributed by atoms with E-state index in [-0.39, 0.29) is 6.03 Å². The Balaban J connectivity index is 1.78. The summed E-state index contributed by atoms with van der Waals surface area (Å²) in [7, 11) is 0.